The monoisotopic (exact) mass is 484 g/mol. The lowest BCUT2D eigenvalue weighted by molar-refractivity contribution is -0.198. The number of hydrogen-bond acceptors (Lipinski definition) is 5. The van der Waals surface area contributed by atoms with Crippen LogP contribution in [0.1, 0.15) is 71.9 Å². The van der Waals surface area contributed by atoms with Gasteiger partial charge < -0.3 is 15.4 Å². The molecule has 3 N–H and O–H groups in total. The Morgan fingerprint density at radius 3 is 2.54 bits per heavy atom. The fourth-order valence-electron chi connectivity index (χ4n) is 3.45. The van der Waals surface area contributed by atoms with E-state index in [1.807, 2.05) is 65.0 Å². The van der Waals surface area contributed by atoms with Gasteiger partial charge in [-0.2, -0.15) is 0 Å². The Balaban J connectivity index is 1.92. The summed E-state index contributed by atoms with van der Waals surface area (Å²) < 4.78 is 5.42. The summed E-state index contributed by atoms with van der Waals surface area (Å²) in [5.74, 6) is 0.257. The number of aliphatic imine (C=N–C) groups is 1. The molecule has 0 bridgehead atoms. The van der Waals surface area contributed by atoms with E-state index < -0.39 is 6.04 Å². The average Bonchev–Trinajstić information content (AvgIpc) is 2.87. The second kappa shape index (κ2) is 15.1. The van der Waals surface area contributed by atoms with Crippen molar-refractivity contribution in [1.82, 2.24) is 16.1 Å². The smallest absolute Gasteiger partial charge is 0.267 e. The fraction of sp³-hybridized carbons (Fsp3) is 0.519. The molecule has 1 fully saturated rings. The minimum absolute atomic E-state index is 0.0307. The van der Waals surface area contributed by atoms with Gasteiger partial charge in [0.15, 0.2) is 6.29 Å². The highest BCUT2D eigenvalue weighted by atomic mass is 16.8. The summed E-state index contributed by atoms with van der Waals surface area (Å²) in [6.45, 7) is 10.4. The zero-order chi connectivity index (χ0) is 25.6. The molecule has 1 unspecified atom stereocenters. The normalized spacial score (nSPS) is 18.9. The van der Waals surface area contributed by atoms with Crippen molar-refractivity contribution in [2.45, 2.75) is 78.7 Å². The van der Waals surface area contributed by atoms with Crippen LogP contribution < -0.4 is 16.1 Å². The molecule has 1 saturated heterocycles. The van der Waals surface area contributed by atoms with Crippen molar-refractivity contribution < 1.29 is 19.2 Å². The van der Waals surface area contributed by atoms with Crippen molar-refractivity contribution in [3.8, 4) is 0 Å². The number of ether oxygens (including phenoxy) is 1. The van der Waals surface area contributed by atoms with Crippen LogP contribution in [-0.2, 0) is 19.2 Å². The standard InChI is InChI=1S/C27H40N4O4/c1-6-23(28-18-20(4)15-16-24(32)31-35-25-14-10-11-17-34-25)30-26(19(2)3)27(33)29-21(5)22-12-8-7-9-13-22/h7-9,12-13,15-16,18-19,21,25-26H,6,10-11,14,17H2,1-5H3,(H,28,30)(H,29,33)(H,31,32)/b16-15+,20-18+/t21-,25?,26+/m0/s1. The van der Waals surface area contributed by atoms with Crippen LogP contribution >= 0.6 is 0 Å². The molecule has 0 spiro atoms. The Kier molecular flexibility index (Phi) is 12.2. The molecular formula is C27H40N4O4. The summed E-state index contributed by atoms with van der Waals surface area (Å²) in [5.41, 5.74) is 4.26. The Morgan fingerprint density at radius 2 is 1.91 bits per heavy atom. The lowest BCUT2D eigenvalue weighted by Crippen LogP contribution is -2.39. The lowest BCUT2D eigenvalue weighted by atomic mass is 10.0. The predicted molar refractivity (Wildman–Crippen MR) is 138 cm³/mol. The number of carbonyl (C=O) groups excluding carboxylic acids is 2. The fourth-order valence-corrected chi connectivity index (χ4v) is 3.45. The van der Waals surface area contributed by atoms with E-state index in [0.29, 0.717) is 18.9 Å². The Morgan fingerprint density at radius 1 is 1.17 bits per heavy atom. The maximum Gasteiger partial charge on any atom is 0.267 e. The highest BCUT2D eigenvalue weighted by Gasteiger charge is 2.23. The van der Waals surface area contributed by atoms with Crippen LogP contribution in [0.15, 0.2) is 59.2 Å². The van der Waals surface area contributed by atoms with Crippen LogP contribution in [0.2, 0.25) is 0 Å². The van der Waals surface area contributed by atoms with E-state index in [-0.39, 0.29) is 30.1 Å². The van der Waals surface area contributed by atoms with Crippen molar-refractivity contribution in [3.05, 3.63) is 59.8 Å². The minimum atomic E-state index is -0.516. The summed E-state index contributed by atoms with van der Waals surface area (Å²) in [4.78, 5) is 34.9. The van der Waals surface area contributed by atoms with Gasteiger partial charge in [-0.15, -0.1) is 0 Å². The zero-order valence-corrected chi connectivity index (χ0v) is 21.5. The van der Waals surface area contributed by atoms with Crippen LogP contribution in [0.5, 0.6) is 0 Å². The SMILES string of the molecule is CCC(=N[C@@H](C(=O)N[C@@H](C)c1ccccc1)C(C)C)N/C=C(C)/C=C/C(=O)NOC1CCCCO1. The molecule has 2 rings (SSSR count). The maximum atomic E-state index is 13.0. The molecule has 35 heavy (non-hydrogen) atoms. The molecule has 8 nitrogen and oxygen atoms in total. The Bertz CT molecular complexity index is 890. The van der Waals surface area contributed by atoms with Gasteiger partial charge in [-0.3, -0.25) is 14.6 Å². The third-order valence-corrected chi connectivity index (χ3v) is 5.58. The third kappa shape index (κ3) is 10.4. The van der Waals surface area contributed by atoms with Crippen molar-refractivity contribution in [1.29, 1.82) is 0 Å². The topological polar surface area (TPSA) is 101 Å². The van der Waals surface area contributed by atoms with Gasteiger partial charge in [0, 0.05) is 31.7 Å². The molecule has 0 radical (unpaired) electrons. The summed E-state index contributed by atoms with van der Waals surface area (Å²) in [5, 5.41) is 6.25. The highest BCUT2D eigenvalue weighted by molar-refractivity contribution is 5.89. The van der Waals surface area contributed by atoms with E-state index in [9.17, 15) is 9.59 Å². The summed E-state index contributed by atoms with van der Waals surface area (Å²) in [6.07, 6.45) is 7.90. The first-order chi connectivity index (χ1) is 16.8. The van der Waals surface area contributed by atoms with Gasteiger partial charge in [-0.1, -0.05) is 57.2 Å². The van der Waals surface area contributed by atoms with Crippen LogP contribution in [0.3, 0.4) is 0 Å². The number of amides is 2. The van der Waals surface area contributed by atoms with Crippen LogP contribution in [0.4, 0.5) is 0 Å². The molecule has 0 saturated carbocycles. The number of hydroxylamine groups is 1. The van der Waals surface area contributed by atoms with Crippen LogP contribution in [-0.4, -0.2) is 36.6 Å². The predicted octanol–water partition coefficient (Wildman–Crippen LogP) is 4.32. The molecule has 3 atom stereocenters. The zero-order valence-electron chi connectivity index (χ0n) is 21.5. The van der Waals surface area contributed by atoms with Crippen molar-refractivity contribution in [2.24, 2.45) is 10.9 Å². The molecule has 0 aliphatic carbocycles. The van der Waals surface area contributed by atoms with Crippen molar-refractivity contribution >= 4 is 17.6 Å². The number of nitrogens with one attached hydrogen (secondary N) is 3. The third-order valence-electron chi connectivity index (χ3n) is 5.58. The van der Waals surface area contributed by atoms with Gasteiger partial charge >= 0.3 is 0 Å². The van der Waals surface area contributed by atoms with Crippen molar-refractivity contribution in [3.63, 3.8) is 0 Å². The van der Waals surface area contributed by atoms with Gasteiger partial charge in [0.1, 0.15) is 11.9 Å². The molecule has 192 valence electrons. The van der Waals surface area contributed by atoms with E-state index in [4.69, 9.17) is 14.6 Å². The molecule has 1 aromatic rings. The van der Waals surface area contributed by atoms with E-state index in [2.05, 4.69) is 16.1 Å². The van der Waals surface area contributed by atoms with Gasteiger partial charge in [-0.25, -0.2) is 10.3 Å². The number of carbonyl (C=O) groups is 2. The number of nitrogens with zero attached hydrogens (tertiary/aromatic N) is 1. The first-order valence-electron chi connectivity index (χ1n) is 12.4. The molecule has 0 aromatic heterocycles. The minimum Gasteiger partial charge on any atom is -0.350 e. The quantitative estimate of drug-likeness (QED) is 0.143. The molecule has 1 aliphatic rings. The van der Waals surface area contributed by atoms with Crippen molar-refractivity contribution in [2.75, 3.05) is 6.61 Å². The largest absolute Gasteiger partial charge is 0.350 e. The number of amidine groups is 1. The van der Waals surface area contributed by atoms with Gasteiger partial charge in [0.05, 0.1) is 6.04 Å². The number of benzene rings is 1. The molecular weight excluding hydrogens is 444 g/mol. The van der Waals surface area contributed by atoms with E-state index in [0.717, 1.165) is 30.4 Å². The summed E-state index contributed by atoms with van der Waals surface area (Å²) in [7, 11) is 0. The molecule has 2 amide bonds. The molecule has 1 heterocycles. The first-order valence-corrected chi connectivity index (χ1v) is 12.4. The van der Waals surface area contributed by atoms with Crippen LogP contribution in [0.25, 0.3) is 0 Å². The number of hydrogen-bond donors (Lipinski definition) is 3. The average molecular weight is 485 g/mol. The molecule has 1 aromatic carbocycles. The van der Waals surface area contributed by atoms with E-state index in [1.54, 1.807) is 12.3 Å². The highest BCUT2D eigenvalue weighted by Crippen LogP contribution is 2.15. The Labute approximate surface area is 209 Å². The Hall–Kier alpha value is -2.97. The van der Waals surface area contributed by atoms with Crippen LogP contribution in [0, 0.1) is 5.92 Å². The second-order valence-corrected chi connectivity index (χ2v) is 9.01. The number of allylic oxidation sites excluding steroid dienone is 2. The molecule has 8 heteroatoms. The summed E-state index contributed by atoms with van der Waals surface area (Å²) in [6, 6.07) is 9.24. The van der Waals surface area contributed by atoms with E-state index >= 15 is 0 Å². The second-order valence-electron chi connectivity index (χ2n) is 9.01. The summed E-state index contributed by atoms with van der Waals surface area (Å²) >= 11 is 0. The lowest BCUT2D eigenvalue weighted by Gasteiger charge is -2.21. The van der Waals surface area contributed by atoms with Gasteiger partial charge in [0.2, 0.25) is 5.91 Å². The maximum absolute atomic E-state index is 13.0. The first kappa shape index (κ1) is 28.3. The van der Waals surface area contributed by atoms with Gasteiger partial charge in [0.25, 0.3) is 5.91 Å². The number of rotatable bonds is 11. The molecule has 1 aliphatic heterocycles. The van der Waals surface area contributed by atoms with E-state index in [1.165, 1.54) is 6.08 Å². The van der Waals surface area contributed by atoms with Gasteiger partial charge in [-0.05, 0) is 43.7 Å².